The second-order valence-electron chi connectivity index (χ2n) is 4.13. The molecule has 0 aliphatic carbocycles. The molecule has 0 spiro atoms. The molecule has 0 saturated heterocycles. The fourth-order valence-corrected chi connectivity index (χ4v) is 2.13. The third-order valence-corrected chi connectivity index (χ3v) is 2.98. The molecule has 0 fully saturated rings. The number of aromatic nitrogens is 1. The first-order chi connectivity index (χ1) is 8.78. The molecular formula is C14H9N3O. The van der Waals surface area contributed by atoms with Gasteiger partial charge in [0.1, 0.15) is 6.07 Å². The van der Waals surface area contributed by atoms with Crippen LogP contribution in [0.4, 0.5) is 5.69 Å². The summed E-state index contributed by atoms with van der Waals surface area (Å²) in [6.45, 7) is 0. The van der Waals surface area contributed by atoms with Gasteiger partial charge in [-0.05, 0) is 29.3 Å². The van der Waals surface area contributed by atoms with Gasteiger partial charge in [0.05, 0.1) is 12.0 Å². The number of benzene rings is 1. The van der Waals surface area contributed by atoms with Crippen LogP contribution in [-0.2, 0) is 11.2 Å². The highest BCUT2D eigenvalue weighted by molar-refractivity contribution is 5.99. The van der Waals surface area contributed by atoms with Crippen LogP contribution >= 0.6 is 0 Å². The van der Waals surface area contributed by atoms with E-state index in [2.05, 4.69) is 16.4 Å². The van der Waals surface area contributed by atoms with Crippen molar-refractivity contribution in [2.24, 2.45) is 0 Å². The molecule has 2 aromatic rings. The zero-order chi connectivity index (χ0) is 12.5. The lowest BCUT2D eigenvalue weighted by Crippen LogP contribution is -2.03. The van der Waals surface area contributed by atoms with Gasteiger partial charge in [0.25, 0.3) is 0 Å². The summed E-state index contributed by atoms with van der Waals surface area (Å²) in [6.07, 6.45) is 3.61. The number of carbonyl (C=O) groups excluding carboxylic acids is 1. The van der Waals surface area contributed by atoms with E-state index < -0.39 is 0 Å². The zero-order valence-electron chi connectivity index (χ0n) is 9.47. The van der Waals surface area contributed by atoms with E-state index in [1.165, 1.54) is 0 Å². The Morgan fingerprint density at radius 3 is 3.06 bits per heavy atom. The van der Waals surface area contributed by atoms with E-state index in [4.69, 9.17) is 5.26 Å². The largest absolute Gasteiger partial charge is 0.326 e. The molecular weight excluding hydrogens is 226 g/mol. The first-order valence-electron chi connectivity index (χ1n) is 5.55. The average Bonchev–Trinajstić information content (AvgIpc) is 2.77. The topological polar surface area (TPSA) is 65.8 Å². The predicted octanol–water partition coefficient (Wildman–Crippen LogP) is 2.11. The Bertz CT molecular complexity index is 686. The quantitative estimate of drug-likeness (QED) is 0.823. The van der Waals surface area contributed by atoms with Gasteiger partial charge < -0.3 is 5.32 Å². The van der Waals surface area contributed by atoms with E-state index in [-0.39, 0.29) is 5.91 Å². The highest BCUT2D eigenvalue weighted by Gasteiger charge is 2.18. The minimum Gasteiger partial charge on any atom is -0.326 e. The number of amides is 1. The maximum absolute atomic E-state index is 11.3. The van der Waals surface area contributed by atoms with Gasteiger partial charge >= 0.3 is 0 Å². The van der Waals surface area contributed by atoms with Crippen molar-refractivity contribution in [2.45, 2.75) is 6.42 Å². The molecule has 2 heterocycles. The second-order valence-corrected chi connectivity index (χ2v) is 4.13. The summed E-state index contributed by atoms with van der Waals surface area (Å²) in [5.41, 5.74) is 4.14. The second kappa shape index (κ2) is 3.97. The molecule has 1 aromatic carbocycles. The predicted molar refractivity (Wildman–Crippen MR) is 66.7 cm³/mol. The fourth-order valence-electron chi connectivity index (χ4n) is 2.13. The van der Waals surface area contributed by atoms with E-state index in [1.807, 2.05) is 24.3 Å². The smallest absolute Gasteiger partial charge is 0.228 e. The standard InChI is InChI=1S/C14H9N3O/c15-7-11-8-16-4-3-12(11)9-1-2-13-10(5-9)6-14(18)17-13/h1-5,8H,6H2,(H,17,18). The summed E-state index contributed by atoms with van der Waals surface area (Å²) >= 11 is 0. The number of carbonyl (C=O) groups is 1. The number of nitrogens with zero attached hydrogens (tertiary/aromatic N) is 2. The SMILES string of the molecule is N#Cc1cnccc1-c1ccc2c(c1)CC(=O)N2. The van der Waals surface area contributed by atoms with Crippen molar-refractivity contribution in [3.63, 3.8) is 0 Å². The van der Waals surface area contributed by atoms with Gasteiger partial charge in [0, 0.05) is 23.6 Å². The summed E-state index contributed by atoms with van der Waals surface area (Å²) in [5, 5.41) is 11.8. The van der Waals surface area contributed by atoms with Crippen LogP contribution < -0.4 is 5.32 Å². The Kier molecular flexibility index (Phi) is 2.31. The molecule has 1 aliphatic heterocycles. The molecule has 4 heteroatoms. The summed E-state index contributed by atoms with van der Waals surface area (Å²) < 4.78 is 0. The Labute approximate surface area is 104 Å². The van der Waals surface area contributed by atoms with Crippen molar-refractivity contribution in [2.75, 3.05) is 5.32 Å². The highest BCUT2D eigenvalue weighted by Crippen LogP contribution is 2.30. The van der Waals surface area contributed by atoms with Gasteiger partial charge in [-0.2, -0.15) is 5.26 Å². The van der Waals surface area contributed by atoms with Gasteiger partial charge in [-0.15, -0.1) is 0 Å². The maximum atomic E-state index is 11.3. The van der Waals surface area contributed by atoms with Crippen molar-refractivity contribution in [3.8, 4) is 17.2 Å². The van der Waals surface area contributed by atoms with E-state index in [9.17, 15) is 4.79 Å². The number of pyridine rings is 1. The van der Waals surface area contributed by atoms with Crippen LogP contribution in [0.1, 0.15) is 11.1 Å². The van der Waals surface area contributed by atoms with Crippen molar-refractivity contribution in [3.05, 3.63) is 47.8 Å². The van der Waals surface area contributed by atoms with Crippen molar-refractivity contribution in [1.29, 1.82) is 5.26 Å². The first kappa shape index (κ1) is 10.5. The number of hydrogen-bond acceptors (Lipinski definition) is 3. The number of anilines is 1. The minimum atomic E-state index is 0.0115. The molecule has 0 saturated carbocycles. The number of rotatable bonds is 1. The van der Waals surface area contributed by atoms with Crippen LogP contribution in [-0.4, -0.2) is 10.9 Å². The molecule has 18 heavy (non-hydrogen) atoms. The highest BCUT2D eigenvalue weighted by atomic mass is 16.1. The number of fused-ring (bicyclic) bond motifs is 1. The number of nitrogens with one attached hydrogen (secondary N) is 1. The Balaban J connectivity index is 2.12. The molecule has 0 bridgehead atoms. The Morgan fingerprint density at radius 1 is 1.33 bits per heavy atom. The normalized spacial score (nSPS) is 12.7. The van der Waals surface area contributed by atoms with E-state index in [0.29, 0.717) is 12.0 Å². The molecule has 86 valence electrons. The maximum Gasteiger partial charge on any atom is 0.228 e. The zero-order valence-corrected chi connectivity index (χ0v) is 9.47. The van der Waals surface area contributed by atoms with Crippen molar-refractivity contribution >= 4 is 11.6 Å². The molecule has 4 nitrogen and oxygen atoms in total. The minimum absolute atomic E-state index is 0.0115. The lowest BCUT2D eigenvalue weighted by Gasteiger charge is -2.05. The van der Waals surface area contributed by atoms with Gasteiger partial charge in [0.15, 0.2) is 0 Å². The van der Waals surface area contributed by atoms with Gasteiger partial charge in [-0.25, -0.2) is 0 Å². The number of nitriles is 1. The molecule has 0 atom stereocenters. The van der Waals surface area contributed by atoms with Crippen LogP contribution in [0.5, 0.6) is 0 Å². The van der Waals surface area contributed by atoms with E-state index >= 15 is 0 Å². The van der Waals surface area contributed by atoms with Crippen molar-refractivity contribution in [1.82, 2.24) is 4.98 Å². The van der Waals surface area contributed by atoms with Crippen LogP contribution in [0.15, 0.2) is 36.7 Å². The van der Waals surface area contributed by atoms with Gasteiger partial charge in [-0.1, -0.05) is 6.07 Å². The van der Waals surface area contributed by atoms with Crippen molar-refractivity contribution < 1.29 is 4.79 Å². The molecule has 1 aromatic heterocycles. The van der Waals surface area contributed by atoms with Crippen LogP contribution in [0.25, 0.3) is 11.1 Å². The molecule has 1 aliphatic rings. The monoisotopic (exact) mass is 235 g/mol. The first-order valence-corrected chi connectivity index (χ1v) is 5.55. The molecule has 0 radical (unpaired) electrons. The summed E-state index contributed by atoms with van der Waals surface area (Å²) in [6, 6.07) is 9.66. The summed E-state index contributed by atoms with van der Waals surface area (Å²) in [5.74, 6) is 0.0115. The molecule has 1 amide bonds. The van der Waals surface area contributed by atoms with Gasteiger partial charge in [0.2, 0.25) is 5.91 Å². The third-order valence-electron chi connectivity index (χ3n) is 2.98. The lowest BCUT2D eigenvalue weighted by molar-refractivity contribution is -0.115. The fraction of sp³-hybridized carbons (Fsp3) is 0.0714. The van der Waals surface area contributed by atoms with Gasteiger partial charge in [-0.3, -0.25) is 9.78 Å². The third kappa shape index (κ3) is 1.62. The Hall–Kier alpha value is -2.67. The lowest BCUT2D eigenvalue weighted by atomic mass is 9.99. The molecule has 1 N–H and O–H groups in total. The van der Waals surface area contributed by atoms with Crippen LogP contribution in [0, 0.1) is 11.3 Å². The summed E-state index contributed by atoms with van der Waals surface area (Å²) in [7, 11) is 0. The molecule has 0 unspecified atom stereocenters. The van der Waals surface area contributed by atoms with E-state index in [0.717, 1.165) is 22.4 Å². The van der Waals surface area contributed by atoms with Crippen LogP contribution in [0.2, 0.25) is 0 Å². The van der Waals surface area contributed by atoms with Crippen LogP contribution in [0.3, 0.4) is 0 Å². The molecule has 3 rings (SSSR count). The Morgan fingerprint density at radius 2 is 2.22 bits per heavy atom. The summed E-state index contributed by atoms with van der Waals surface area (Å²) in [4.78, 5) is 15.2. The average molecular weight is 235 g/mol. The van der Waals surface area contributed by atoms with E-state index in [1.54, 1.807) is 12.4 Å². The number of hydrogen-bond donors (Lipinski definition) is 1.